The molecule has 0 bridgehead atoms. The highest BCUT2D eigenvalue weighted by Gasteiger charge is 2.14. The van der Waals surface area contributed by atoms with Gasteiger partial charge in [-0.05, 0) is 35.6 Å². The number of halogens is 1. The SMILES string of the molecule is CCN(C)CCNS(=O)(=O)c1cncc(Br)c1. The van der Waals surface area contributed by atoms with Gasteiger partial charge in [-0.2, -0.15) is 0 Å². The molecule has 0 saturated carbocycles. The molecule has 0 aliphatic carbocycles. The van der Waals surface area contributed by atoms with E-state index in [-0.39, 0.29) is 4.90 Å². The summed E-state index contributed by atoms with van der Waals surface area (Å²) in [5.74, 6) is 0. The van der Waals surface area contributed by atoms with Crippen molar-refractivity contribution in [3.63, 3.8) is 0 Å². The summed E-state index contributed by atoms with van der Waals surface area (Å²) in [7, 11) is -1.52. The number of sulfonamides is 1. The van der Waals surface area contributed by atoms with Gasteiger partial charge in [0, 0.05) is 30.0 Å². The molecule has 0 unspecified atom stereocenters. The fourth-order valence-corrected chi connectivity index (χ4v) is 2.68. The highest BCUT2D eigenvalue weighted by atomic mass is 79.9. The Kier molecular flexibility index (Phi) is 5.51. The zero-order chi connectivity index (χ0) is 12.9. The van der Waals surface area contributed by atoms with E-state index in [9.17, 15) is 8.42 Å². The van der Waals surface area contributed by atoms with Crippen LogP contribution in [0.3, 0.4) is 0 Å². The highest BCUT2D eigenvalue weighted by molar-refractivity contribution is 9.10. The average molecular weight is 322 g/mol. The Bertz CT molecular complexity index is 464. The number of nitrogens with zero attached hydrogens (tertiary/aromatic N) is 2. The molecule has 1 aromatic rings. The van der Waals surface area contributed by atoms with Crippen molar-refractivity contribution in [2.45, 2.75) is 11.8 Å². The monoisotopic (exact) mass is 321 g/mol. The molecule has 1 rings (SSSR count). The molecule has 0 fully saturated rings. The van der Waals surface area contributed by atoms with Crippen LogP contribution in [0.25, 0.3) is 0 Å². The molecule has 1 aromatic heterocycles. The molecule has 1 heterocycles. The van der Waals surface area contributed by atoms with Crippen LogP contribution in [0, 0.1) is 0 Å². The van der Waals surface area contributed by atoms with Crippen LogP contribution >= 0.6 is 15.9 Å². The first-order valence-corrected chi connectivity index (χ1v) is 7.52. The van der Waals surface area contributed by atoms with Crippen molar-refractivity contribution >= 4 is 26.0 Å². The summed E-state index contributed by atoms with van der Waals surface area (Å²) in [6, 6.07) is 1.53. The first-order chi connectivity index (χ1) is 7.95. The number of aromatic nitrogens is 1. The van der Waals surface area contributed by atoms with Gasteiger partial charge in [0.15, 0.2) is 0 Å². The number of hydrogen-bond acceptors (Lipinski definition) is 4. The maximum absolute atomic E-state index is 11.9. The molecule has 17 heavy (non-hydrogen) atoms. The summed E-state index contributed by atoms with van der Waals surface area (Å²) in [5.41, 5.74) is 0. The van der Waals surface area contributed by atoms with Gasteiger partial charge < -0.3 is 4.90 Å². The normalized spacial score (nSPS) is 12.0. The van der Waals surface area contributed by atoms with Crippen LogP contribution in [0.15, 0.2) is 27.8 Å². The predicted octanol–water partition coefficient (Wildman–Crippen LogP) is 1.07. The average Bonchev–Trinajstić information content (AvgIpc) is 2.28. The molecule has 0 atom stereocenters. The molecule has 0 amide bonds. The van der Waals surface area contributed by atoms with E-state index >= 15 is 0 Å². The number of likely N-dealkylation sites (N-methyl/N-ethyl adjacent to an activating group) is 1. The van der Waals surface area contributed by atoms with Crippen LogP contribution in [0.2, 0.25) is 0 Å². The van der Waals surface area contributed by atoms with Crippen LogP contribution in [0.4, 0.5) is 0 Å². The van der Waals surface area contributed by atoms with Crippen LogP contribution in [0.5, 0.6) is 0 Å². The minimum absolute atomic E-state index is 0.172. The van der Waals surface area contributed by atoms with Crippen molar-refractivity contribution in [1.82, 2.24) is 14.6 Å². The Morgan fingerprint density at radius 2 is 2.18 bits per heavy atom. The van der Waals surface area contributed by atoms with E-state index in [1.54, 1.807) is 6.20 Å². The van der Waals surface area contributed by atoms with E-state index in [4.69, 9.17) is 0 Å². The lowest BCUT2D eigenvalue weighted by Crippen LogP contribution is -2.32. The van der Waals surface area contributed by atoms with E-state index in [1.165, 1.54) is 12.3 Å². The van der Waals surface area contributed by atoms with E-state index in [0.29, 0.717) is 17.6 Å². The fraction of sp³-hybridized carbons (Fsp3) is 0.500. The van der Waals surface area contributed by atoms with Gasteiger partial charge in [-0.1, -0.05) is 6.92 Å². The van der Waals surface area contributed by atoms with Crippen molar-refractivity contribution in [2.24, 2.45) is 0 Å². The second-order valence-corrected chi connectivity index (χ2v) is 6.32. The molecule has 7 heteroatoms. The van der Waals surface area contributed by atoms with Gasteiger partial charge in [0.1, 0.15) is 4.90 Å². The standard InChI is InChI=1S/C10H16BrN3O2S/c1-3-14(2)5-4-13-17(15,16)10-6-9(11)7-12-8-10/h6-8,13H,3-5H2,1-2H3. The molecule has 0 aromatic carbocycles. The molecule has 0 radical (unpaired) electrons. The smallest absolute Gasteiger partial charge is 0.242 e. The van der Waals surface area contributed by atoms with Gasteiger partial charge >= 0.3 is 0 Å². The summed E-state index contributed by atoms with van der Waals surface area (Å²) >= 11 is 3.19. The zero-order valence-corrected chi connectivity index (χ0v) is 12.3. The van der Waals surface area contributed by atoms with Gasteiger partial charge in [-0.15, -0.1) is 0 Å². The largest absolute Gasteiger partial charge is 0.305 e. The summed E-state index contributed by atoms with van der Waals surface area (Å²) in [5, 5.41) is 0. The second-order valence-electron chi connectivity index (χ2n) is 3.63. The fourth-order valence-electron chi connectivity index (χ4n) is 1.15. The molecule has 5 nitrogen and oxygen atoms in total. The third kappa shape index (κ3) is 4.71. The van der Waals surface area contributed by atoms with Crippen molar-refractivity contribution in [3.05, 3.63) is 22.9 Å². The molecule has 0 spiro atoms. The lowest BCUT2D eigenvalue weighted by molar-refractivity contribution is 0.358. The number of hydrogen-bond donors (Lipinski definition) is 1. The summed E-state index contributed by atoms with van der Waals surface area (Å²) < 4.78 is 26.9. The van der Waals surface area contributed by atoms with Gasteiger partial charge in [0.2, 0.25) is 10.0 Å². The van der Waals surface area contributed by atoms with E-state index < -0.39 is 10.0 Å². The molecule has 1 N–H and O–H groups in total. The number of pyridine rings is 1. The molecule has 0 saturated heterocycles. The van der Waals surface area contributed by atoms with Crippen LogP contribution in [-0.2, 0) is 10.0 Å². The first-order valence-electron chi connectivity index (χ1n) is 5.24. The zero-order valence-electron chi connectivity index (χ0n) is 9.85. The van der Waals surface area contributed by atoms with Gasteiger partial charge in [-0.25, -0.2) is 13.1 Å². The Morgan fingerprint density at radius 3 is 2.76 bits per heavy atom. The highest BCUT2D eigenvalue weighted by Crippen LogP contribution is 2.13. The summed E-state index contributed by atoms with van der Waals surface area (Å²) in [4.78, 5) is 6.04. The minimum Gasteiger partial charge on any atom is -0.305 e. The van der Waals surface area contributed by atoms with Crippen LogP contribution in [-0.4, -0.2) is 45.0 Å². The predicted molar refractivity (Wildman–Crippen MR) is 70.3 cm³/mol. The Balaban J connectivity index is 2.63. The van der Waals surface area contributed by atoms with E-state index in [1.807, 2.05) is 18.9 Å². The quantitative estimate of drug-likeness (QED) is 0.851. The lowest BCUT2D eigenvalue weighted by Gasteiger charge is -2.14. The van der Waals surface area contributed by atoms with Crippen molar-refractivity contribution in [1.29, 1.82) is 0 Å². The van der Waals surface area contributed by atoms with E-state index in [0.717, 1.165) is 6.54 Å². The van der Waals surface area contributed by atoms with Gasteiger partial charge in [0.05, 0.1) is 0 Å². The summed E-state index contributed by atoms with van der Waals surface area (Å²) in [6.07, 6.45) is 2.88. The minimum atomic E-state index is -3.46. The summed E-state index contributed by atoms with van der Waals surface area (Å²) in [6.45, 7) is 3.98. The maximum Gasteiger partial charge on any atom is 0.242 e. The van der Waals surface area contributed by atoms with E-state index in [2.05, 4.69) is 25.6 Å². The Hall–Kier alpha value is -0.500. The van der Waals surface area contributed by atoms with Crippen LogP contribution in [0.1, 0.15) is 6.92 Å². The number of nitrogens with one attached hydrogen (secondary N) is 1. The lowest BCUT2D eigenvalue weighted by atomic mass is 10.5. The van der Waals surface area contributed by atoms with Crippen molar-refractivity contribution < 1.29 is 8.42 Å². The molecule has 0 aliphatic heterocycles. The molecule has 96 valence electrons. The molecule has 0 aliphatic rings. The van der Waals surface area contributed by atoms with Crippen molar-refractivity contribution in [2.75, 3.05) is 26.7 Å². The van der Waals surface area contributed by atoms with Gasteiger partial charge in [-0.3, -0.25) is 4.98 Å². The second kappa shape index (κ2) is 6.44. The Labute approximate surface area is 110 Å². The third-order valence-electron chi connectivity index (χ3n) is 2.32. The number of rotatable bonds is 6. The Morgan fingerprint density at radius 1 is 1.47 bits per heavy atom. The van der Waals surface area contributed by atoms with Crippen molar-refractivity contribution in [3.8, 4) is 0 Å². The molecular formula is C10H16BrN3O2S. The maximum atomic E-state index is 11.9. The topological polar surface area (TPSA) is 62.3 Å². The molecular weight excluding hydrogens is 306 g/mol. The first kappa shape index (κ1) is 14.6. The van der Waals surface area contributed by atoms with Crippen LogP contribution < -0.4 is 4.72 Å². The van der Waals surface area contributed by atoms with Gasteiger partial charge in [0.25, 0.3) is 0 Å². The third-order valence-corrected chi connectivity index (χ3v) is 4.18.